The number of methoxy groups -OCH3 is 2. The number of ether oxygens (including phenoxy) is 2. The van der Waals surface area contributed by atoms with Gasteiger partial charge in [0.2, 0.25) is 0 Å². The molecule has 0 saturated heterocycles. The molecule has 0 fully saturated rings. The average molecular weight is 262 g/mol. The van der Waals surface area contributed by atoms with Crippen LogP contribution in [0.5, 0.6) is 11.5 Å². The van der Waals surface area contributed by atoms with Crippen LogP contribution in [0.2, 0.25) is 0 Å². The van der Waals surface area contributed by atoms with Gasteiger partial charge in [0, 0.05) is 28.5 Å². The van der Waals surface area contributed by atoms with Crippen LogP contribution in [-0.4, -0.2) is 20.5 Å². The van der Waals surface area contributed by atoms with E-state index >= 15 is 0 Å². The van der Waals surface area contributed by atoms with Gasteiger partial charge in [0.05, 0.1) is 14.2 Å². The highest BCUT2D eigenvalue weighted by Gasteiger charge is 2.13. The second-order valence-corrected chi connectivity index (χ2v) is 4.66. The molecule has 0 saturated carbocycles. The lowest BCUT2D eigenvalue weighted by atomic mass is 10.0. The van der Waals surface area contributed by atoms with Gasteiger partial charge >= 0.3 is 0 Å². The summed E-state index contributed by atoms with van der Waals surface area (Å²) in [5.74, 6) is 1.43. The molecule has 0 radical (unpaired) electrons. The van der Waals surface area contributed by atoms with Crippen molar-refractivity contribution in [1.29, 1.82) is 0 Å². The first-order valence-corrected chi connectivity index (χ1v) is 6.40. The maximum absolute atomic E-state index is 10.7. The van der Waals surface area contributed by atoms with Crippen LogP contribution in [0.4, 0.5) is 0 Å². The van der Waals surface area contributed by atoms with E-state index in [0.717, 1.165) is 28.0 Å². The largest absolute Gasteiger partial charge is 0.496 e. The van der Waals surface area contributed by atoms with E-state index in [9.17, 15) is 4.79 Å². The number of carbonyl (C=O) groups excluding carboxylic acids is 1. The highest BCUT2D eigenvalue weighted by molar-refractivity contribution is 7.13. The Kier molecular flexibility index (Phi) is 3.99. The quantitative estimate of drug-likeness (QED) is 0.776. The van der Waals surface area contributed by atoms with Gasteiger partial charge in [-0.25, -0.2) is 0 Å². The Morgan fingerprint density at radius 3 is 2.56 bits per heavy atom. The summed E-state index contributed by atoms with van der Waals surface area (Å²) in [6.07, 6.45) is 1.22. The monoisotopic (exact) mass is 262 g/mol. The lowest BCUT2D eigenvalue weighted by molar-refractivity contribution is -0.107. The van der Waals surface area contributed by atoms with Crippen LogP contribution in [0.1, 0.15) is 5.56 Å². The minimum absolute atomic E-state index is 0.339. The molecule has 0 atom stereocenters. The van der Waals surface area contributed by atoms with E-state index in [1.54, 1.807) is 25.6 Å². The number of rotatable bonds is 5. The SMILES string of the molecule is COc1cc(OC)c(-c2cccs2)cc1CC=O. The fourth-order valence-corrected chi connectivity index (χ4v) is 2.59. The van der Waals surface area contributed by atoms with Crippen LogP contribution in [0.3, 0.4) is 0 Å². The van der Waals surface area contributed by atoms with Gasteiger partial charge in [-0.3, -0.25) is 0 Å². The second kappa shape index (κ2) is 5.69. The summed E-state index contributed by atoms with van der Waals surface area (Å²) in [4.78, 5) is 11.8. The molecule has 0 unspecified atom stereocenters. The summed E-state index contributed by atoms with van der Waals surface area (Å²) < 4.78 is 10.7. The van der Waals surface area contributed by atoms with Crippen LogP contribution >= 0.6 is 11.3 Å². The molecule has 0 N–H and O–H groups in total. The van der Waals surface area contributed by atoms with Gasteiger partial charge in [0.1, 0.15) is 17.8 Å². The number of aldehydes is 1. The standard InChI is InChI=1S/C14H14O3S/c1-16-12-9-13(17-2)11(8-10(12)5-6-15)14-4-3-7-18-14/h3-4,6-9H,5H2,1-2H3. The molecule has 3 nitrogen and oxygen atoms in total. The van der Waals surface area contributed by atoms with Gasteiger partial charge in [0.15, 0.2) is 0 Å². The lowest BCUT2D eigenvalue weighted by Crippen LogP contribution is -1.96. The summed E-state index contributed by atoms with van der Waals surface area (Å²) in [5.41, 5.74) is 1.86. The molecule has 0 aliphatic heterocycles. The van der Waals surface area contributed by atoms with Crippen molar-refractivity contribution in [3.05, 3.63) is 35.2 Å². The van der Waals surface area contributed by atoms with Crippen LogP contribution in [0, 0.1) is 0 Å². The first-order valence-electron chi connectivity index (χ1n) is 5.52. The maximum atomic E-state index is 10.7. The van der Waals surface area contributed by atoms with Crippen LogP contribution in [0.15, 0.2) is 29.6 Å². The first-order chi connectivity index (χ1) is 8.80. The lowest BCUT2D eigenvalue weighted by Gasteiger charge is -2.12. The van der Waals surface area contributed by atoms with Gasteiger partial charge in [0.25, 0.3) is 0 Å². The molecule has 0 spiro atoms. The molecule has 1 aromatic heterocycles. The molecule has 94 valence electrons. The minimum Gasteiger partial charge on any atom is -0.496 e. The average Bonchev–Trinajstić information content (AvgIpc) is 2.92. The van der Waals surface area contributed by atoms with Crippen LogP contribution < -0.4 is 9.47 Å². The zero-order valence-corrected chi connectivity index (χ0v) is 11.1. The Labute approximate surface area is 110 Å². The van der Waals surface area contributed by atoms with Crippen molar-refractivity contribution in [2.45, 2.75) is 6.42 Å². The number of thiophene rings is 1. The van der Waals surface area contributed by atoms with Crippen molar-refractivity contribution >= 4 is 17.6 Å². The Morgan fingerprint density at radius 2 is 2.00 bits per heavy atom. The van der Waals surface area contributed by atoms with E-state index in [-0.39, 0.29) is 0 Å². The van der Waals surface area contributed by atoms with E-state index < -0.39 is 0 Å². The van der Waals surface area contributed by atoms with Crippen LogP contribution in [-0.2, 0) is 11.2 Å². The van der Waals surface area contributed by atoms with Crippen molar-refractivity contribution < 1.29 is 14.3 Å². The molecule has 0 bridgehead atoms. The molecule has 1 aromatic carbocycles. The third-order valence-electron chi connectivity index (χ3n) is 2.69. The maximum Gasteiger partial charge on any atom is 0.131 e. The molecule has 4 heteroatoms. The zero-order valence-electron chi connectivity index (χ0n) is 10.3. The number of hydrogen-bond acceptors (Lipinski definition) is 4. The van der Waals surface area contributed by atoms with Gasteiger partial charge in [-0.1, -0.05) is 6.07 Å². The van der Waals surface area contributed by atoms with Crippen molar-refractivity contribution in [1.82, 2.24) is 0 Å². The van der Waals surface area contributed by atoms with E-state index in [0.29, 0.717) is 12.2 Å². The van der Waals surface area contributed by atoms with E-state index in [1.807, 2.05) is 29.6 Å². The summed E-state index contributed by atoms with van der Waals surface area (Å²) in [6, 6.07) is 7.80. The fourth-order valence-electron chi connectivity index (χ4n) is 1.84. The topological polar surface area (TPSA) is 35.5 Å². The summed E-state index contributed by atoms with van der Waals surface area (Å²) in [7, 11) is 3.22. The Hall–Kier alpha value is -1.81. The van der Waals surface area contributed by atoms with Crippen molar-refractivity contribution in [3.63, 3.8) is 0 Å². The first kappa shape index (κ1) is 12.6. The van der Waals surface area contributed by atoms with Gasteiger partial charge in [-0.05, 0) is 17.5 Å². The van der Waals surface area contributed by atoms with E-state index in [1.165, 1.54) is 0 Å². The fraction of sp³-hybridized carbons (Fsp3) is 0.214. The van der Waals surface area contributed by atoms with Gasteiger partial charge in [-0.2, -0.15) is 0 Å². The number of carbonyl (C=O) groups is 1. The Bertz CT molecular complexity index is 532. The summed E-state index contributed by atoms with van der Waals surface area (Å²) in [6.45, 7) is 0. The van der Waals surface area contributed by atoms with Crippen molar-refractivity contribution in [2.75, 3.05) is 14.2 Å². The number of benzene rings is 1. The molecule has 1 heterocycles. The smallest absolute Gasteiger partial charge is 0.131 e. The molecule has 0 amide bonds. The predicted molar refractivity (Wildman–Crippen MR) is 72.6 cm³/mol. The summed E-state index contributed by atoms with van der Waals surface area (Å²) >= 11 is 1.64. The highest BCUT2D eigenvalue weighted by Crippen LogP contribution is 2.38. The van der Waals surface area contributed by atoms with E-state index in [2.05, 4.69) is 0 Å². The van der Waals surface area contributed by atoms with Gasteiger partial charge < -0.3 is 14.3 Å². The zero-order chi connectivity index (χ0) is 13.0. The summed E-state index contributed by atoms with van der Waals surface area (Å²) in [5, 5.41) is 2.01. The third kappa shape index (κ3) is 2.38. The molecule has 0 aliphatic rings. The molecule has 18 heavy (non-hydrogen) atoms. The van der Waals surface area contributed by atoms with E-state index in [4.69, 9.17) is 9.47 Å². The van der Waals surface area contributed by atoms with Crippen molar-refractivity contribution in [3.8, 4) is 21.9 Å². The third-order valence-corrected chi connectivity index (χ3v) is 3.60. The van der Waals surface area contributed by atoms with Crippen LogP contribution in [0.25, 0.3) is 10.4 Å². The highest BCUT2D eigenvalue weighted by atomic mass is 32.1. The predicted octanol–water partition coefficient (Wildman–Crippen LogP) is 3.17. The minimum atomic E-state index is 0.339. The number of hydrogen-bond donors (Lipinski definition) is 0. The molecule has 0 aliphatic carbocycles. The molecule has 2 rings (SSSR count). The molecule has 2 aromatic rings. The van der Waals surface area contributed by atoms with Crippen molar-refractivity contribution in [2.24, 2.45) is 0 Å². The Morgan fingerprint density at radius 1 is 1.22 bits per heavy atom. The molecular weight excluding hydrogens is 248 g/mol. The normalized spacial score (nSPS) is 10.1. The van der Waals surface area contributed by atoms with Gasteiger partial charge in [-0.15, -0.1) is 11.3 Å². The Balaban J connectivity index is 2.57. The molecular formula is C14H14O3S. The second-order valence-electron chi connectivity index (χ2n) is 3.71.